The number of allylic oxidation sites excluding steroid dienone is 3. The number of aliphatic imine (C=N–C) groups is 1. The van der Waals surface area contributed by atoms with E-state index >= 15 is 0 Å². The van der Waals surface area contributed by atoms with E-state index < -0.39 is 0 Å². The number of halogens is 1. The van der Waals surface area contributed by atoms with Crippen molar-refractivity contribution < 1.29 is 0 Å². The van der Waals surface area contributed by atoms with Crippen LogP contribution < -0.4 is 0 Å². The number of hydrogen-bond acceptors (Lipinski definition) is 2. The molecule has 1 nitrogen and oxygen atoms in total. The highest BCUT2D eigenvalue weighted by Crippen LogP contribution is 2.27. The van der Waals surface area contributed by atoms with E-state index in [2.05, 4.69) is 19.2 Å². The van der Waals surface area contributed by atoms with Crippen LogP contribution in [0.1, 0.15) is 0 Å². The largest absolute Gasteiger partial charge is 0.281 e. The van der Waals surface area contributed by atoms with Crippen molar-refractivity contribution in [2.24, 2.45) is 4.99 Å². The smallest absolute Gasteiger partial charge is 0.0890 e. The molecule has 0 unspecified atom stereocenters. The fourth-order valence-electron chi connectivity index (χ4n) is 0.807. The molecule has 2 heterocycles. The molecule has 0 saturated heterocycles. The standard InChI is InChI=1S/C7H6INS/c1-2-8-3-7-6(1)4-9-5-10-7/h1-4H,5H2. The fraction of sp³-hybridized carbons (Fsp3) is 0.143. The van der Waals surface area contributed by atoms with Gasteiger partial charge in [0.1, 0.15) is 0 Å². The van der Waals surface area contributed by atoms with Crippen LogP contribution in [0.5, 0.6) is 0 Å². The summed E-state index contributed by atoms with van der Waals surface area (Å²) in [6.07, 6.45) is 4.17. The van der Waals surface area contributed by atoms with Gasteiger partial charge in [0.2, 0.25) is 0 Å². The third-order valence-corrected chi connectivity index (χ3v) is 4.41. The molecule has 52 valence electrons. The van der Waals surface area contributed by atoms with Gasteiger partial charge in [-0.05, 0) is 14.2 Å². The summed E-state index contributed by atoms with van der Waals surface area (Å²) in [4.78, 5) is 5.63. The summed E-state index contributed by atoms with van der Waals surface area (Å²) in [6.45, 7) is 0. The van der Waals surface area contributed by atoms with Crippen LogP contribution in [0.4, 0.5) is 0 Å². The molecule has 0 saturated carbocycles. The molecule has 10 heavy (non-hydrogen) atoms. The molecule has 0 fully saturated rings. The van der Waals surface area contributed by atoms with E-state index in [1.165, 1.54) is 10.5 Å². The summed E-state index contributed by atoms with van der Waals surface area (Å²) in [5.74, 6) is 0.910. The molecule has 0 N–H and O–H groups in total. The first-order chi connectivity index (χ1) is 4.97. The predicted molar refractivity (Wildman–Crippen MR) is 57.2 cm³/mol. The maximum absolute atomic E-state index is 4.18. The molecular formula is C7H6INS. The summed E-state index contributed by atoms with van der Waals surface area (Å²) >= 11 is 2.07. The summed E-state index contributed by atoms with van der Waals surface area (Å²) in [5, 5.41) is 0. The lowest BCUT2D eigenvalue weighted by Crippen LogP contribution is -1.96. The maximum Gasteiger partial charge on any atom is 0.0890 e. The summed E-state index contributed by atoms with van der Waals surface area (Å²) in [7, 11) is 0. The van der Waals surface area contributed by atoms with Crippen molar-refractivity contribution in [3.63, 3.8) is 0 Å². The second-order valence-electron chi connectivity index (χ2n) is 1.93. The SMILES string of the molecule is C1=CC2=C(C=I1)SCN=C2. The minimum Gasteiger partial charge on any atom is -0.281 e. The Labute approximate surface area is 74.1 Å². The lowest BCUT2D eigenvalue weighted by molar-refractivity contribution is 1.39. The summed E-state index contributed by atoms with van der Waals surface area (Å²) < 4.78 is 4.64. The summed E-state index contributed by atoms with van der Waals surface area (Å²) in [6, 6.07) is 0. The van der Waals surface area contributed by atoms with Crippen molar-refractivity contribution in [2.75, 3.05) is 5.88 Å². The molecule has 0 aromatic heterocycles. The monoisotopic (exact) mass is 263 g/mol. The Balaban J connectivity index is 2.43. The van der Waals surface area contributed by atoms with Gasteiger partial charge < -0.3 is 0 Å². The fourth-order valence-corrected chi connectivity index (χ4v) is 3.82. The predicted octanol–water partition coefficient (Wildman–Crippen LogP) is 2.32. The molecule has 3 heteroatoms. The molecule has 0 atom stereocenters. The third-order valence-electron chi connectivity index (χ3n) is 1.29. The van der Waals surface area contributed by atoms with E-state index in [0.717, 1.165) is 5.88 Å². The normalized spacial score (nSPS) is 22.4. The van der Waals surface area contributed by atoms with Crippen LogP contribution in [0.15, 0.2) is 25.6 Å². The van der Waals surface area contributed by atoms with E-state index in [4.69, 9.17) is 0 Å². The molecule has 0 spiro atoms. The van der Waals surface area contributed by atoms with E-state index in [-0.39, 0.29) is 20.7 Å². The molecule has 2 aliphatic rings. The van der Waals surface area contributed by atoms with Crippen LogP contribution in [-0.2, 0) is 0 Å². The highest BCUT2D eigenvalue weighted by molar-refractivity contribution is 14.2. The van der Waals surface area contributed by atoms with Crippen molar-refractivity contribution >= 4 is 42.7 Å². The molecule has 2 aliphatic heterocycles. The van der Waals surface area contributed by atoms with Gasteiger partial charge in [0.25, 0.3) is 0 Å². The van der Waals surface area contributed by atoms with Crippen molar-refractivity contribution in [1.29, 1.82) is 0 Å². The molecule has 0 radical (unpaired) electrons. The second kappa shape index (κ2) is 3.00. The molecular weight excluding hydrogens is 257 g/mol. The van der Waals surface area contributed by atoms with Gasteiger partial charge in [0, 0.05) is 16.7 Å². The zero-order valence-corrected chi connectivity index (χ0v) is 8.22. The van der Waals surface area contributed by atoms with Crippen LogP contribution >= 0.6 is 32.5 Å². The first-order valence-electron chi connectivity index (χ1n) is 2.95. The molecule has 0 aromatic carbocycles. The molecule has 2 rings (SSSR count). The van der Waals surface area contributed by atoms with E-state index in [1.54, 1.807) is 0 Å². The average Bonchev–Trinajstić information content (AvgIpc) is 2.05. The highest BCUT2D eigenvalue weighted by Gasteiger charge is 2.05. The van der Waals surface area contributed by atoms with Crippen molar-refractivity contribution in [1.82, 2.24) is 0 Å². The summed E-state index contributed by atoms with van der Waals surface area (Å²) in [5.41, 5.74) is 1.31. The Morgan fingerprint density at radius 2 is 2.60 bits per heavy atom. The van der Waals surface area contributed by atoms with Gasteiger partial charge in [-0.25, -0.2) is 0 Å². The van der Waals surface area contributed by atoms with E-state index in [1.807, 2.05) is 18.0 Å². The Bertz CT molecular complexity index is 263. The van der Waals surface area contributed by atoms with Crippen LogP contribution in [0.2, 0.25) is 0 Å². The zero-order valence-electron chi connectivity index (χ0n) is 5.25. The molecule has 0 amide bonds. The van der Waals surface area contributed by atoms with Gasteiger partial charge in [-0.3, -0.25) is 4.99 Å². The lowest BCUT2D eigenvalue weighted by Gasteiger charge is -2.09. The minimum atomic E-state index is 0.223. The highest BCUT2D eigenvalue weighted by atomic mass is 127. The number of hydrogen-bond donors (Lipinski definition) is 0. The quantitative estimate of drug-likeness (QED) is 0.611. The Hall–Kier alpha value is 0.1000. The van der Waals surface area contributed by atoms with Crippen molar-refractivity contribution in [3.05, 3.63) is 20.6 Å². The van der Waals surface area contributed by atoms with Gasteiger partial charge in [-0.2, -0.15) is 0 Å². The Kier molecular flexibility index (Phi) is 2.04. The van der Waals surface area contributed by atoms with Gasteiger partial charge >= 0.3 is 0 Å². The first kappa shape index (κ1) is 6.79. The zero-order chi connectivity index (χ0) is 6.81. The average molecular weight is 263 g/mol. The van der Waals surface area contributed by atoms with Gasteiger partial charge in [0.15, 0.2) is 0 Å². The number of nitrogens with zero attached hydrogens (tertiary/aromatic N) is 1. The molecule has 0 aliphatic carbocycles. The number of rotatable bonds is 0. The maximum atomic E-state index is 4.18. The first-order valence-corrected chi connectivity index (χ1v) is 6.43. The van der Waals surface area contributed by atoms with Crippen molar-refractivity contribution in [3.8, 4) is 0 Å². The van der Waals surface area contributed by atoms with Crippen molar-refractivity contribution in [2.45, 2.75) is 0 Å². The Morgan fingerprint density at radius 1 is 1.60 bits per heavy atom. The van der Waals surface area contributed by atoms with Crippen LogP contribution in [0.25, 0.3) is 0 Å². The van der Waals surface area contributed by atoms with Gasteiger partial charge in [0.05, 0.1) is 5.88 Å². The second-order valence-corrected chi connectivity index (χ2v) is 4.98. The number of thioether (sulfide) groups is 1. The van der Waals surface area contributed by atoms with Gasteiger partial charge in [-0.1, -0.05) is 20.7 Å². The van der Waals surface area contributed by atoms with Crippen LogP contribution in [0, 0.1) is 0 Å². The molecule has 0 bridgehead atoms. The molecule has 0 aromatic rings. The topological polar surface area (TPSA) is 12.4 Å². The lowest BCUT2D eigenvalue weighted by atomic mass is 10.3. The van der Waals surface area contributed by atoms with Gasteiger partial charge in [-0.15, -0.1) is 11.8 Å². The van der Waals surface area contributed by atoms with E-state index in [0.29, 0.717) is 0 Å². The van der Waals surface area contributed by atoms with Crippen LogP contribution in [0.3, 0.4) is 0 Å². The minimum absolute atomic E-state index is 0.223. The third kappa shape index (κ3) is 1.25. The Morgan fingerprint density at radius 3 is 3.50 bits per heavy atom. The van der Waals surface area contributed by atoms with Crippen LogP contribution in [-0.4, -0.2) is 16.1 Å². The van der Waals surface area contributed by atoms with E-state index in [9.17, 15) is 0 Å².